The summed E-state index contributed by atoms with van der Waals surface area (Å²) in [6.07, 6.45) is 2.15. The average molecular weight is 100 g/mol. The van der Waals surface area contributed by atoms with E-state index < -0.39 is 0 Å². The monoisotopic (exact) mass is 100 g/mol. The van der Waals surface area contributed by atoms with Crippen molar-refractivity contribution in [3.63, 3.8) is 0 Å². The molecule has 7 heavy (non-hydrogen) atoms. The normalized spacial score (nSPS) is 48.0. The van der Waals surface area contributed by atoms with Crippen LogP contribution >= 0.6 is 0 Å². The summed E-state index contributed by atoms with van der Waals surface area (Å²) >= 11 is 0. The third kappa shape index (κ3) is 0.469. The quantitative estimate of drug-likeness (QED) is 0.432. The van der Waals surface area contributed by atoms with Gasteiger partial charge in [0.05, 0.1) is 25.4 Å². The van der Waals surface area contributed by atoms with Gasteiger partial charge in [-0.3, -0.25) is 0 Å². The van der Waals surface area contributed by atoms with Crippen LogP contribution in [0.5, 0.6) is 0 Å². The third-order valence-electron chi connectivity index (χ3n) is 1.52. The molecule has 2 atom stereocenters. The molecule has 2 heteroatoms. The number of rotatable bonds is 0. The lowest BCUT2D eigenvalue weighted by atomic mass is 10.0. The largest absolute Gasteiger partial charge is 0.376 e. The standard InChI is InChI=1S/C5H8O2/c1-4-2-6-3-5(1)7-4/h4-5H,1-3H2. The van der Waals surface area contributed by atoms with Crippen molar-refractivity contribution >= 4 is 0 Å². The minimum Gasteiger partial charge on any atom is -0.376 e. The van der Waals surface area contributed by atoms with Crippen molar-refractivity contribution in [1.29, 1.82) is 0 Å². The minimum absolute atomic E-state index is 0.457. The van der Waals surface area contributed by atoms with Gasteiger partial charge in [-0.25, -0.2) is 0 Å². The van der Waals surface area contributed by atoms with E-state index in [2.05, 4.69) is 0 Å². The van der Waals surface area contributed by atoms with Crippen molar-refractivity contribution in [2.24, 2.45) is 0 Å². The van der Waals surface area contributed by atoms with Crippen LogP contribution in [0.4, 0.5) is 0 Å². The molecule has 0 aromatic heterocycles. The van der Waals surface area contributed by atoms with Crippen molar-refractivity contribution < 1.29 is 9.47 Å². The Balaban J connectivity index is 1.99. The zero-order valence-corrected chi connectivity index (χ0v) is 4.09. The van der Waals surface area contributed by atoms with Gasteiger partial charge in [-0.05, 0) is 0 Å². The fraction of sp³-hybridized carbons (Fsp3) is 1.00. The van der Waals surface area contributed by atoms with Gasteiger partial charge in [0.15, 0.2) is 0 Å². The fourth-order valence-corrected chi connectivity index (χ4v) is 1.10. The Bertz CT molecular complexity index is 62.6. The van der Waals surface area contributed by atoms with E-state index in [0.29, 0.717) is 12.2 Å². The van der Waals surface area contributed by atoms with Crippen LogP contribution < -0.4 is 0 Å². The van der Waals surface area contributed by atoms with Crippen molar-refractivity contribution in [2.45, 2.75) is 18.6 Å². The smallest absolute Gasteiger partial charge is 0.0839 e. The summed E-state index contributed by atoms with van der Waals surface area (Å²) in [5.41, 5.74) is 0. The molecule has 0 aromatic carbocycles. The first kappa shape index (κ1) is 3.87. The molecule has 3 rings (SSSR count). The van der Waals surface area contributed by atoms with Gasteiger partial charge in [-0.1, -0.05) is 0 Å². The van der Waals surface area contributed by atoms with Crippen LogP contribution in [0.25, 0.3) is 0 Å². The van der Waals surface area contributed by atoms with E-state index in [1.807, 2.05) is 0 Å². The van der Waals surface area contributed by atoms with Crippen molar-refractivity contribution in [3.8, 4) is 0 Å². The van der Waals surface area contributed by atoms with Crippen LogP contribution in [0.15, 0.2) is 0 Å². The second-order valence-electron chi connectivity index (χ2n) is 2.15. The first-order valence-electron chi connectivity index (χ1n) is 2.68. The number of hydrogen-bond donors (Lipinski definition) is 0. The molecule has 0 aromatic rings. The van der Waals surface area contributed by atoms with E-state index in [-0.39, 0.29) is 0 Å². The van der Waals surface area contributed by atoms with E-state index in [9.17, 15) is 0 Å². The Kier molecular flexibility index (Phi) is 0.664. The van der Waals surface area contributed by atoms with Crippen molar-refractivity contribution in [1.82, 2.24) is 0 Å². The topological polar surface area (TPSA) is 18.5 Å². The SMILES string of the molecule is C1OCC2CC1O2. The van der Waals surface area contributed by atoms with Gasteiger partial charge in [0.25, 0.3) is 0 Å². The van der Waals surface area contributed by atoms with E-state index in [4.69, 9.17) is 9.47 Å². The molecule has 3 heterocycles. The van der Waals surface area contributed by atoms with E-state index in [0.717, 1.165) is 13.2 Å². The second-order valence-corrected chi connectivity index (χ2v) is 2.15. The Labute approximate surface area is 42.4 Å². The van der Waals surface area contributed by atoms with Crippen molar-refractivity contribution in [2.75, 3.05) is 13.2 Å². The lowest BCUT2D eigenvalue weighted by Gasteiger charge is -2.40. The Hall–Kier alpha value is -0.0800. The highest BCUT2D eigenvalue weighted by atomic mass is 16.6. The van der Waals surface area contributed by atoms with E-state index in [1.165, 1.54) is 6.42 Å². The van der Waals surface area contributed by atoms with Gasteiger partial charge < -0.3 is 9.47 Å². The van der Waals surface area contributed by atoms with Crippen LogP contribution in [-0.4, -0.2) is 25.4 Å². The van der Waals surface area contributed by atoms with Gasteiger partial charge in [-0.15, -0.1) is 0 Å². The zero-order chi connectivity index (χ0) is 4.69. The average Bonchev–Trinajstić information content (AvgIpc) is 1.67. The van der Waals surface area contributed by atoms with Crippen LogP contribution in [0.1, 0.15) is 6.42 Å². The second kappa shape index (κ2) is 1.20. The van der Waals surface area contributed by atoms with Gasteiger partial charge in [0.2, 0.25) is 0 Å². The summed E-state index contributed by atoms with van der Waals surface area (Å²) in [5.74, 6) is 0. The molecule has 3 fully saturated rings. The molecule has 2 unspecified atom stereocenters. The molecule has 3 aliphatic heterocycles. The summed E-state index contributed by atoms with van der Waals surface area (Å²) in [4.78, 5) is 0. The van der Waals surface area contributed by atoms with Crippen molar-refractivity contribution in [3.05, 3.63) is 0 Å². The molecule has 0 saturated carbocycles. The van der Waals surface area contributed by atoms with E-state index >= 15 is 0 Å². The summed E-state index contributed by atoms with van der Waals surface area (Å²) in [6.45, 7) is 1.66. The lowest BCUT2D eigenvalue weighted by molar-refractivity contribution is -0.222. The zero-order valence-electron chi connectivity index (χ0n) is 4.09. The Morgan fingerprint density at radius 2 is 1.71 bits per heavy atom. The summed E-state index contributed by atoms with van der Waals surface area (Å²) in [5, 5.41) is 0. The Morgan fingerprint density at radius 3 is 1.86 bits per heavy atom. The van der Waals surface area contributed by atoms with Crippen LogP contribution in [0.3, 0.4) is 0 Å². The summed E-state index contributed by atoms with van der Waals surface area (Å²) in [7, 11) is 0. The third-order valence-corrected chi connectivity index (χ3v) is 1.52. The molecule has 2 nitrogen and oxygen atoms in total. The first-order valence-corrected chi connectivity index (χ1v) is 2.68. The van der Waals surface area contributed by atoms with Gasteiger partial charge in [0.1, 0.15) is 0 Å². The highest BCUT2D eigenvalue weighted by molar-refractivity contribution is 4.80. The van der Waals surface area contributed by atoms with Crippen LogP contribution in [-0.2, 0) is 9.47 Å². The lowest BCUT2D eigenvalue weighted by Crippen LogP contribution is -2.48. The molecule has 0 N–H and O–H groups in total. The fourth-order valence-electron chi connectivity index (χ4n) is 1.10. The Morgan fingerprint density at radius 1 is 1.14 bits per heavy atom. The molecule has 40 valence electrons. The maximum absolute atomic E-state index is 5.25. The molecule has 0 radical (unpaired) electrons. The van der Waals surface area contributed by atoms with Gasteiger partial charge in [-0.2, -0.15) is 0 Å². The highest BCUT2D eigenvalue weighted by Gasteiger charge is 2.34. The summed E-state index contributed by atoms with van der Waals surface area (Å²) in [6, 6.07) is 0. The van der Waals surface area contributed by atoms with E-state index in [1.54, 1.807) is 0 Å². The van der Waals surface area contributed by atoms with Crippen LogP contribution in [0.2, 0.25) is 0 Å². The molecule has 0 aliphatic carbocycles. The summed E-state index contributed by atoms with van der Waals surface area (Å²) < 4.78 is 10.4. The van der Waals surface area contributed by atoms with Gasteiger partial charge in [0, 0.05) is 6.42 Å². The molecular formula is C5H8O2. The molecule has 3 aliphatic rings. The minimum atomic E-state index is 0.457. The number of ether oxygens (including phenoxy) is 2. The number of hydrogen-bond acceptors (Lipinski definition) is 2. The predicted molar refractivity (Wildman–Crippen MR) is 24.1 cm³/mol. The molecule has 3 saturated heterocycles. The molecule has 2 bridgehead atoms. The maximum Gasteiger partial charge on any atom is 0.0839 e. The molecular weight excluding hydrogens is 92.1 g/mol. The predicted octanol–water partition coefficient (Wildman–Crippen LogP) is 0.174. The number of fused-ring (bicyclic) bond motifs is 2. The van der Waals surface area contributed by atoms with Crippen LogP contribution in [0, 0.1) is 0 Å². The van der Waals surface area contributed by atoms with Gasteiger partial charge >= 0.3 is 0 Å². The molecule has 0 spiro atoms. The maximum atomic E-state index is 5.25. The molecule has 0 amide bonds. The first-order chi connectivity index (χ1) is 3.45. The highest BCUT2D eigenvalue weighted by Crippen LogP contribution is 2.25.